The minimum atomic E-state index is -3.88. The van der Waals surface area contributed by atoms with Crippen LogP contribution in [0.2, 0.25) is 5.02 Å². The van der Waals surface area contributed by atoms with Crippen LogP contribution in [0.15, 0.2) is 58.9 Å². The number of benzene rings is 2. The van der Waals surface area contributed by atoms with Gasteiger partial charge in [0.25, 0.3) is 10.0 Å². The van der Waals surface area contributed by atoms with Crippen LogP contribution in [0.25, 0.3) is 0 Å². The number of anilines is 1. The van der Waals surface area contributed by atoms with Gasteiger partial charge in [-0.05, 0) is 41.3 Å². The first-order chi connectivity index (χ1) is 13.1. The third-order valence-corrected chi connectivity index (χ3v) is 6.52. The van der Waals surface area contributed by atoms with Crippen LogP contribution in [0.1, 0.15) is 41.7 Å². The molecule has 1 heterocycles. The van der Waals surface area contributed by atoms with Crippen LogP contribution in [-0.2, 0) is 15.4 Å². The number of carbonyl (C=O) groups is 1. The van der Waals surface area contributed by atoms with Crippen LogP contribution in [-0.4, -0.2) is 19.2 Å². The second-order valence-electron chi connectivity index (χ2n) is 7.24. The number of carbonyl (C=O) groups excluding carboxylic acids is 1. The number of aromatic nitrogens is 1. The average Bonchev–Trinajstić information content (AvgIpc) is 3.16. The van der Waals surface area contributed by atoms with Crippen molar-refractivity contribution in [2.24, 2.45) is 0 Å². The molecular weight excluding hydrogens is 416 g/mol. The molecule has 0 bridgehead atoms. The molecule has 0 amide bonds. The van der Waals surface area contributed by atoms with E-state index in [9.17, 15) is 13.2 Å². The summed E-state index contributed by atoms with van der Waals surface area (Å²) in [6.07, 6.45) is 1.52. The Hall–Kier alpha value is -2.22. The second-order valence-corrected chi connectivity index (χ2v) is 10.2. The third kappa shape index (κ3) is 4.43. The molecule has 0 saturated heterocycles. The van der Waals surface area contributed by atoms with E-state index in [0.29, 0.717) is 5.02 Å². The van der Waals surface area contributed by atoms with Crippen LogP contribution >= 0.6 is 22.9 Å². The number of hydrogen-bond donors (Lipinski definition) is 1. The molecule has 0 aliphatic heterocycles. The van der Waals surface area contributed by atoms with Gasteiger partial charge < -0.3 is 0 Å². The van der Waals surface area contributed by atoms with Crippen LogP contribution in [0.4, 0.5) is 5.69 Å². The number of thiazole rings is 1. The first-order valence-corrected chi connectivity index (χ1v) is 11.2. The van der Waals surface area contributed by atoms with Crippen LogP contribution in [0.3, 0.4) is 0 Å². The topological polar surface area (TPSA) is 76.1 Å². The van der Waals surface area contributed by atoms with Crippen molar-refractivity contribution < 1.29 is 13.2 Å². The molecule has 2 aromatic carbocycles. The zero-order valence-electron chi connectivity index (χ0n) is 15.6. The number of hydrogen-bond acceptors (Lipinski definition) is 5. The first-order valence-electron chi connectivity index (χ1n) is 8.45. The Labute approximate surface area is 173 Å². The van der Waals surface area contributed by atoms with E-state index in [1.54, 1.807) is 29.6 Å². The fourth-order valence-corrected chi connectivity index (χ4v) is 4.42. The summed E-state index contributed by atoms with van der Waals surface area (Å²) in [5, 5.41) is 2.27. The van der Waals surface area contributed by atoms with E-state index < -0.39 is 15.8 Å². The van der Waals surface area contributed by atoms with Crippen molar-refractivity contribution in [3.05, 3.63) is 75.2 Å². The van der Waals surface area contributed by atoms with Crippen LogP contribution in [0, 0.1) is 0 Å². The Morgan fingerprint density at radius 1 is 1.11 bits per heavy atom. The summed E-state index contributed by atoms with van der Waals surface area (Å²) in [4.78, 5) is 16.8. The number of nitrogens with one attached hydrogen (secondary N) is 1. The molecule has 0 spiro atoms. The number of nitrogens with zero attached hydrogens (tertiary/aromatic N) is 1. The van der Waals surface area contributed by atoms with Gasteiger partial charge >= 0.3 is 0 Å². The van der Waals surface area contributed by atoms with Crippen molar-refractivity contribution in [2.45, 2.75) is 31.1 Å². The Kier molecular flexibility index (Phi) is 5.61. The van der Waals surface area contributed by atoms with E-state index in [2.05, 4.69) is 30.5 Å². The molecule has 0 atom stereocenters. The van der Waals surface area contributed by atoms with Gasteiger partial charge in [0.05, 0.1) is 16.1 Å². The van der Waals surface area contributed by atoms with E-state index >= 15 is 0 Å². The summed E-state index contributed by atoms with van der Waals surface area (Å²) < 4.78 is 28.2. The van der Waals surface area contributed by atoms with Gasteiger partial charge in [0.1, 0.15) is 0 Å². The maximum absolute atomic E-state index is 12.8. The highest BCUT2D eigenvalue weighted by molar-refractivity contribution is 7.92. The quantitative estimate of drug-likeness (QED) is 0.565. The van der Waals surface area contributed by atoms with Crippen molar-refractivity contribution in [3.63, 3.8) is 0 Å². The third-order valence-electron chi connectivity index (χ3n) is 4.13. The van der Waals surface area contributed by atoms with E-state index in [4.69, 9.17) is 11.6 Å². The predicted molar refractivity (Wildman–Crippen MR) is 113 cm³/mol. The number of sulfonamides is 1. The molecule has 0 unspecified atom stereocenters. The van der Waals surface area contributed by atoms with Crippen LogP contribution in [0.5, 0.6) is 0 Å². The van der Waals surface area contributed by atoms with Crippen molar-refractivity contribution in [3.8, 4) is 0 Å². The summed E-state index contributed by atoms with van der Waals surface area (Å²) in [6.45, 7) is 6.16. The molecule has 0 saturated carbocycles. The zero-order valence-corrected chi connectivity index (χ0v) is 18.0. The van der Waals surface area contributed by atoms with E-state index in [-0.39, 0.29) is 26.6 Å². The highest BCUT2D eigenvalue weighted by Crippen LogP contribution is 2.28. The smallest absolute Gasteiger partial charge is 0.261 e. The van der Waals surface area contributed by atoms with Crippen molar-refractivity contribution in [1.82, 2.24) is 4.98 Å². The largest absolute Gasteiger partial charge is 0.286 e. The summed E-state index contributed by atoms with van der Waals surface area (Å²) >= 11 is 7.20. The molecule has 3 rings (SSSR count). The maximum Gasteiger partial charge on any atom is 0.261 e. The second kappa shape index (κ2) is 7.66. The standard InChI is InChI=1S/C20H19ClN2O3S2/c1-20(2,3)13-4-7-15(8-5-13)28(25,26)23-17-9-6-14(21)12-16(17)18(24)19-22-10-11-27-19/h4-12,23H,1-3H3. The predicted octanol–water partition coefficient (Wildman–Crippen LogP) is 5.13. The molecule has 0 aliphatic rings. The molecule has 5 nitrogen and oxygen atoms in total. The lowest BCUT2D eigenvalue weighted by atomic mass is 9.87. The molecule has 0 fully saturated rings. The van der Waals surface area contributed by atoms with Crippen molar-refractivity contribution in [2.75, 3.05) is 4.72 Å². The minimum absolute atomic E-state index is 0.0841. The summed E-state index contributed by atoms with van der Waals surface area (Å²) in [6, 6.07) is 11.1. The molecular formula is C20H19ClN2O3S2. The average molecular weight is 435 g/mol. The van der Waals surface area contributed by atoms with Gasteiger partial charge in [-0.3, -0.25) is 9.52 Å². The van der Waals surface area contributed by atoms with Gasteiger partial charge in [-0.2, -0.15) is 0 Å². The Morgan fingerprint density at radius 2 is 1.79 bits per heavy atom. The van der Waals surface area contributed by atoms with Crippen LogP contribution < -0.4 is 4.72 Å². The van der Waals surface area contributed by atoms with Gasteiger partial charge in [-0.1, -0.05) is 44.5 Å². The zero-order chi connectivity index (χ0) is 20.5. The molecule has 0 radical (unpaired) electrons. The van der Waals surface area contributed by atoms with E-state index in [0.717, 1.165) is 5.56 Å². The Bertz CT molecular complexity index is 1100. The summed E-state index contributed by atoms with van der Waals surface area (Å²) in [5.41, 5.74) is 1.25. The fraction of sp³-hybridized carbons (Fsp3) is 0.200. The van der Waals surface area contributed by atoms with Gasteiger partial charge in [0.2, 0.25) is 5.78 Å². The van der Waals surface area contributed by atoms with Crippen molar-refractivity contribution >= 4 is 44.4 Å². The maximum atomic E-state index is 12.8. The highest BCUT2D eigenvalue weighted by atomic mass is 35.5. The molecule has 1 N–H and O–H groups in total. The van der Waals surface area contributed by atoms with Gasteiger partial charge in [-0.15, -0.1) is 11.3 Å². The normalized spacial score (nSPS) is 12.0. The number of halogens is 1. The Morgan fingerprint density at radius 3 is 2.36 bits per heavy atom. The molecule has 3 aromatic rings. The van der Waals surface area contributed by atoms with E-state index in [1.165, 1.54) is 35.7 Å². The molecule has 0 aliphatic carbocycles. The number of rotatable bonds is 5. The lowest BCUT2D eigenvalue weighted by molar-refractivity contribution is 0.103. The van der Waals surface area contributed by atoms with Gasteiger partial charge in [-0.25, -0.2) is 13.4 Å². The van der Waals surface area contributed by atoms with Crippen molar-refractivity contribution in [1.29, 1.82) is 0 Å². The SMILES string of the molecule is CC(C)(C)c1ccc(S(=O)(=O)Nc2ccc(Cl)cc2C(=O)c2nccs2)cc1. The molecule has 8 heteroatoms. The highest BCUT2D eigenvalue weighted by Gasteiger charge is 2.22. The van der Waals surface area contributed by atoms with Gasteiger partial charge in [0.15, 0.2) is 5.01 Å². The molecule has 1 aromatic heterocycles. The molecule has 146 valence electrons. The monoisotopic (exact) mass is 434 g/mol. The summed E-state index contributed by atoms with van der Waals surface area (Å²) in [5.74, 6) is -0.390. The lowest BCUT2D eigenvalue weighted by Gasteiger charge is -2.19. The summed E-state index contributed by atoms with van der Waals surface area (Å²) in [7, 11) is -3.88. The minimum Gasteiger partial charge on any atom is -0.286 e. The lowest BCUT2D eigenvalue weighted by Crippen LogP contribution is -2.17. The van der Waals surface area contributed by atoms with E-state index in [1.807, 2.05) is 0 Å². The first kappa shape index (κ1) is 20.5. The number of ketones is 1. The molecule has 28 heavy (non-hydrogen) atoms. The van der Waals surface area contributed by atoms with Gasteiger partial charge in [0, 0.05) is 16.6 Å². The Balaban J connectivity index is 1.96. The fourth-order valence-electron chi connectivity index (χ4n) is 2.58.